The Hall–Kier alpha value is -0.0800. The van der Waals surface area contributed by atoms with Crippen molar-refractivity contribution in [2.45, 2.75) is 63.3 Å². The van der Waals surface area contributed by atoms with Gasteiger partial charge in [-0.2, -0.15) is 0 Å². The highest BCUT2D eigenvalue weighted by Crippen LogP contribution is 2.49. The van der Waals surface area contributed by atoms with Gasteiger partial charge in [-0.05, 0) is 43.9 Å². The lowest BCUT2D eigenvalue weighted by atomic mass is 9.62. The topological polar surface area (TPSA) is 46.2 Å². The Morgan fingerprint density at radius 2 is 1.43 bits per heavy atom. The summed E-state index contributed by atoms with van der Waals surface area (Å²) in [4.78, 5) is 0. The quantitative estimate of drug-likeness (QED) is 0.677. The van der Waals surface area contributed by atoms with Gasteiger partial charge in [-0.15, -0.1) is 0 Å². The van der Waals surface area contributed by atoms with E-state index in [4.69, 9.17) is 5.73 Å². The minimum absolute atomic E-state index is 0.170. The monoisotopic (exact) mass is 197 g/mol. The third kappa shape index (κ3) is 1.96. The zero-order valence-electron chi connectivity index (χ0n) is 9.10. The van der Waals surface area contributed by atoms with Crippen LogP contribution in [0.15, 0.2) is 0 Å². The summed E-state index contributed by atoms with van der Waals surface area (Å²) in [6.45, 7) is 0.170. The first kappa shape index (κ1) is 10.4. The molecule has 0 atom stereocenters. The van der Waals surface area contributed by atoms with Gasteiger partial charge in [0.05, 0.1) is 6.61 Å². The van der Waals surface area contributed by atoms with Crippen LogP contribution in [0.4, 0.5) is 0 Å². The largest absolute Gasteiger partial charge is 0.394 e. The van der Waals surface area contributed by atoms with Crippen molar-refractivity contribution in [2.24, 2.45) is 11.1 Å². The minimum Gasteiger partial charge on any atom is -0.394 e. The molecule has 0 amide bonds. The summed E-state index contributed by atoms with van der Waals surface area (Å²) in [6, 6.07) is 0. The van der Waals surface area contributed by atoms with Crippen molar-refractivity contribution in [3.63, 3.8) is 0 Å². The molecule has 14 heavy (non-hydrogen) atoms. The number of aliphatic hydroxyl groups is 1. The number of hydrogen-bond donors (Lipinski definition) is 2. The van der Waals surface area contributed by atoms with Gasteiger partial charge in [0.2, 0.25) is 0 Å². The molecule has 2 aliphatic carbocycles. The zero-order chi connectivity index (χ0) is 10.1. The van der Waals surface area contributed by atoms with Crippen LogP contribution in [0.1, 0.15) is 57.8 Å². The van der Waals surface area contributed by atoms with Crippen LogP contribution in [0, 0.1) is 5.41 Å². The van der Waals surface area contributed by atoms with Crippen molar-refractivity contribution < 1.29 is 5.11 Å². The van der Waals surface area contributed by atoms with Gasteiger partial charge in [-0.25, -0.2) is 0 Å². The van der Waals surface area contributed by atoms with Gasteiger partial charge in [-0.1, -0.05) is 19.3 Å². The van der Waals surface area contributed by atoms with Crippen molar-refractivity contribution in [2.75, 3.05) is 6.61 Å². The molecule has 2 saturated carbocycles. The van der Waals surface area contributed by atoms with Crippen LogP contribution in [-0.4, -0.2) is 17.3 Å². The highest BCUT2D eigenvalue weighted by atomic mass is 16.3. The second-order valence-corrected chi connectivity index (χ2v) is 5.58. The van der Waals surface area contributed by atoms with Crippen molar-refractivity contribution in [3.8, 4) is 0 Å². The van der Waals surface area contributed by atoms with Gasteiger partial charge in [0.25, 0.3) is 0 Å². The fraction of sp³-hybridized carbons (Fsp3) is 1.00. The molecule has 1 spiro atoms. The summed E-state index contributed by atoms with van der Waals surface area (Å²) in [7, 11) is 0. The van der Waals surface area contributed by atoms with Crippen LogP contribution in [0.5, 0.6) is 0 Å². The molecule has 3 N–H and O–H groups in total. The van der Waals surface area contributed by atoms with Gasteiger partial charge in [0.1, 0.15) is 0 Å². The lowest BCUT2D eigenvalue weighted by Crippen LogP contribution is -2.49. The molecule has 0 radical (unpaired) electrons. The Bertz CT molecular complexity index is 186. The van der Waals surface area contributed by atoms with Crippen molar-refractivity contribution in [3.05, 3.63) is 0 Å². The van der Waals surface area contributed by atoms with Gasteiger partial charge in [0.15, 0.2) is 0 Å². The molecule has 2 nitrogen and oxygen atoms in total. The molecule has 0 aromatic carbocycles. The Morgan fingerprint density at radius 3 is 1.93 bits per heavy atom. The van der Waals surface area contributed by atoms with Crippen molar-refractivity contribution >= 4 is 0 Å². The van der Waals surface area contributed by atoms with Crippen LogP contribution in [-0.2, 0) is 0 Å². The van der Waals surface area contributed by atoms with E-state index in [2.05, 4.69) is 0 Å². The van der Waals surface area contributed by atoms with Crippen LogP contribution in [0.2, 0.25) is 0 Å². The third-order valence-electron chi connectivity index (χ3n) is 4.54. The minimum atomic E-state index is -0.247. The number of aliphatic hydroxyl groups excluding tert-OH is 1. The molecule has 0 aromatic heterocycles. The van der Waals surface area contributed by atoms with E-state index in [0.717, 1.165) is 12.8 Å². The van der Waals surface area contributed by atoms with Crippen molar-refractivity contribution in [1.82, 2.24) is 0 Å². The summed E-state index contributed by atoms with van der Waals surface area (Å²) in [5, 5.41) is 9.21. The van der Waals surface area contributed by atoms with Crippen LogP contribution < -0.4 is 5.73 Å². The number of rotatable bonds is 1. The van der Waals surface area contributed by atoms with E-state index in [-0.39, 0.29) is 12.1 Å². The Kier molecular flexibility index (Phi) is 2.85. The highest BCUT2D eigenvalue weighted by molar-refractivity contribution is 4.96. The third-order valence-corrected chi connectivity index (χ3v) is 4.54. The molecule has 0 aliphatic heterocycles. The Balaban J connectivity index is 1.93. The first-order valence-electron chi connectivity index (χ1n) is 6.08. The maximum atomic E-state index is 9.21. The normalized spacial score (nSPS) is 30.4. The molecule has 0 unspecified atom stereocenters. The molecule has 0 bridgehead atoms. The smallest absolute Gasteiger partial charge is 0.0611 e. The van der Waals surface area contributed by atoms with Crippen LogP contribution in [0.3, 0.4) is 0 Å². The van der Waals surface area contributed by atoms with E-state index < -0.39 is 0 Å². The molecule has 82 valence electrons. The van der Waals surface area contributed by atoms with E-state index in [1.54, 1.807) is 0 Å². The summed E-state index contributed by atoms with van der Waals surface area (Å²) < 4.78 is 0. The fourth-order valence-electron chi connectivity index (χ4n) is 3.24. The molecule has 2 fully saturated rings. The number of hydrogen-bond acceptors (Lipinski definition) is 2. The summed E-state index contributed by atoms with van der Waals surface area (Å²) in [5.41, 5.74) is 6.47. The van der Waals surface area contributed by atoms with E-state index in [1.165, 1.54) is 44.9 Å². The molecular formula is C12H23NO. The first-order chi connectivity index (χ1) is 6.68. The molecule has 0 aromatic rings. The van der Waals surface area contributed by atoms with Crippen molar-refractivity contribution in [1.29, 1.82) is 0 Å². The zero-order valence-corrected chi connectivity index (χ0v) is 9.10. The SMILES string of the molecule is NC1(CO)CCC2(CCCCC2)CC1. The summed E-state index contributed by atoms with van der Waals surface area (Å²) in [6.07, 6.45) is 11.6. The van der Waals surface area contributed by atoms with Gasteiger partial charge in [-0.3, -0.25) is 0 Å². The van der Waals surface area contributed by atoms with E-state index in [9.17, 15) is 5.11 Å². The molecule has 0 heterocycles. The average molecular weight is 197 g/mol. The first-order valence-corrected chi connectivity index (χ1v) is 6.08. The predicted molar refractivity (Wildman–Crippen MR) is 58.0 cm³/mol. The van der Waals surface area contributed by atoms with E-state index in [0.29, 0.717) is 5.41 Å². The van der Waals surface area contributed by atoms with E-state index in [1.807, 2.05) is 0 Å². The summed E-state index contributed by atoms with van der Waals surface area (Å²) >= 11 is 0. The average Bonchev–Trinajstić information content (AvgIpc) is 2.25. The van der Waals surface area contributed by atoms with Crippen LogP contribution >= 0.6 is 0 Å². The fourth-order valence-corrected chi connectivity index (χ4v) is 3.24. The maximum absolute atomic E-state index is 9.21. The van der Waals surface area contributed by atoms with Gasteiger partial charge in [0, 0.05) is 5.54 Å². The molecule has 2 aliphatic rings. The van der Waals surface area contributed by atoms with Crippen LogP contribution in [0.25, 0.3) is 0 Å². The highest BCUT2D eigenvalue weighted by Gasteiger charge is 2.40. The second kappa shape index (κ2) is 3.82. The molecular weight excluding hydrogens is 174 g/mol. The lowest BCUT2D eigenvalue weighted by Gasteiger charge is -2.46. The van der Waals surface area contributed by atoms with Gasteiger partial charge >= 0.3 is 0 Å². The molecule has 2 rings (SSSR count). The second-order valence-electron chi connectivity index (χ2n) is 5.58. The lowest BCUT2D eigenvalue weighted by molar-refractivity contribution is 0.0569. The Morgan fingerprint density at radius 1 is 0.857 bits per heavy atom. The number of nitrogens with two attached hydrogens (primary N) is 1. The molecule has 0 saturated heterocycles. The van der Waals surface area contributed by atoms with Gasteiger partial charge < -0.3 is 10.8 Å². The summed E-state index contributed by atoms with van der Waals surface area (Å²) in [5.74, 6) is 0. The molecule has 2 heteroatoms. The Labute approximate surface area is 86.9 Å². The standard InChI is InChI=1S/C12H23NO/c13-12(10-14)8-6-11(7-9-12)4-2-1-3-5-11/h14H,1-10,13H2. The van der Waals surface area contributed by atoms with E-state index >= 15 is 0 Å². The predicted octanol–water partition coefficient (Wildman–Crippen LogP) is 2.20. The maximum Gasteiger partial charge on any atom is 0.0611 e.